The summed E-state index contributed by atoms with van der Waals surface area (Å²) in [6.07, 6.45) is 0. The van der Waals surface area contributed by atoms with E-state index in [-0.39, 0.29) is 23.8 Å². The van der Waals surface area contributed by atoms with E-state index in [4.69, 9.17) is 19.9 Å². The van der Waals surface area contributed by atoms with Gasteiger partial charge in [-0.05, 0) is 33.8 Å². The smallest absolute Gasteiger partial charge is 0.340 e. The van der Waals surface area contributed by atoms with E-state index >= 15 is 0 Å². The summed E-state index contributed by atoms with van der Waals surface area (Å²) in [6.45, 7) is 7.29. The van der Waals surface area contributed by atoms with Crippen molar-refractivity contribution >= 4 is 11.8 Å². The van der Waals surface area contributed by atoms with Crippen molar-refractivity contribution in [1.82, 2.24) is 0 Å². The summed E-state index contributed by atoms with van der Waals surface area (Å²) in [6, 6.07) is 7.25. The summed E-state index contributed by atoms with van der Waals surface area (Å²) in [4.78, 5) is 24.8. The molecule has 1 aliphatic heterocycles. The fraction of sp³-hybridized carbons (Fsp3) is 0.368. The molecule has 1 heterocycles. The van der Waals surface area contributed by atoms with Crippen LogP contribution in [0.1, 0.15) is 39.2 Å². The molecule has 1 aromatic rings. The van der Waals surface area contributed by atoms with Gasteiger partial charge in [0, 0.05) is 11.1 Å². The van der Waals surface area contributed by atoms with Gasteiger partial charge in [0.05, 0.1) is 19.1 Å². The van der Waals surface area contributed by atoms with Gasteiger partial charge in [-0.3, -0.25) is 4.79 Å². The van der Waals surface area contributed by atoms with E-state index < -0.39 is 11.9 Å². The van der Waals surface area contributed by atoms with Gasteiger partial charge < -0.3 is 19.9 Å². The number of hydrogen-bond donors (Lipinski definition) is 1. The predicted molar refractivity (Wildman–Crippen MR) is 92.7 cm³/mol. The van der Waals surface area contributed by atoms with Gasteiger partial charge in [-0.2, -0.15) is 0 Å². The number of Topliss-reactive ketones (excluding diaryl/α,β-unsaturated/α-hetero) is 1. The van der Waals surface area contributed by atoms with E-state index in [9.17, 15) is 9.59 Å². The zero-order valence-electron chi connectivity index (χ0n) is 14.9. The van der Waals surface area contributed by atoms with E-state index in [0.29, 0.717) is 29.3 Å². The summed E-state index contributed by atoms with van der Waals surface area (Å²) in [5.41, 5.74) is 7.14. The van der Waals surface area contributed by atoms with Crippen LogP contribution in [0.2, 0.25) is 0 Å². The second-order valence-electron chi connectivity index (χ2n) is 5.53. The zero-order valence-corrected chi connectivity index (χ0v) is 14.9. The number of nitrogens with two attached hydrogens (primary N) is 1. The van der Waals surface area contributed by atoms with E-state index in [2.05, 4.69) is 0 Å². The minimum Gasteiger partial charge on any atom is -0.494 e. The van der Waals surface area contributed by atoms with Crippen molar-refractivity contribution in [3.8, 4) is 5.75 Å². The fourth-order valence-corrected chi connectivity index (χ4v) is 2.96. The molecule has 25 heavy (non-hydrogen) atoms. The Labute approximate surface area is 147 Å². The maximum atomic E-state index is 12.5. The molecule has 134 valence electrons. The van der Waals surface area contributed by atoms with Gasteiger partial charge in [-0.15, -0.1) is 0 Å². The molecule has 2 N–H and O–H groups in total. The molecule has 6 nitrogen and oxygen atoms in total. The summed E-state index contributed by atoms with van der Waals surface area (Å²) in [5.74, 6) is -0.622. The van der Waals surface area contributed by atoms with E-state index in [0.717, 1.165) is 0 Å². The van der Waals surface area contributed by atoms with Crippen LogP contribution in [-0.2, 0) is 19.1 Å². The molecule has 2 rings (SSSR count). The van der Waals surface area contributed by atoms with Gasteiger partial charge in [-0.1, -0.05) is 18.2 Å². The minimum absolute atomic E-state index is 0.0581. The molecular weight excluding hydrogens is 322 g/mol. The molecule has 0 saturated heterocycles. The number of rotatable bonds is 6. The average Bonchev–Trinajstić information content (AvgIpc) is 2.54. The molecule has 0 bridgehead atoms. The molecule has 0 radical (unpaired) electrons. The quantitative estimate of drug-likeness (QED) is 0.798. The number of ether oxygens (including phenoxy) is 3. The van der Waals surface area contributed by atoms with Crippen molar-refractivity contribution < 1.29 is 23.8 Å². The van der Waals surface area contributed by atoms with Crippen molar-refractivity contribution in [2.75, 3.05) is 13.2 Å². The largest absolute Gasteiger partial charge is 0.494 e. The SMILES string of the molecule is CCOC(=O)C1=C(N)OC(C)=C(C(C)=O)[C@H]1c1ccccc1OCC. The van der Waals surface area contributed by atoms with Crippen molar-refractivity contribution in [3.63, 3.8) is 0 Å². The highest BCUT2D eigenvalue weighted by Gasteiger charge is 2.39. The second kappa shape index (κ2) is 7.88. The van der Waals surface area contributed by atoms with Crippen molar-refractivity contribution in [3.05, 3.63) is 52.6 Å². The molecule has 1 atom stereocenters. The third kappa shape index (κ3) is 3.68. The van der Waals surface area contributed by atoms with E-state index in [1.807, 2.05) is 25.1 Å². The number of carbonyl (C=O) groups is 2. The van der Waals surface area contributed by atoms with Crippen molar-refractivity contribution in [2.24, 2.45) is 5.73 Å². The monoisotopic (exact) mass is 345 g/mol. The number of carbonyl (C=O) groups excluding carboxylic acids is 2. The summed E-state index contributed by atoms with van der Waals surface area (Å²) in [5, 5.41) is 0. The molecule has 0 spiro atoms. The Balaban J connectivity index is 2.70. The summed E-state index contributed by atoms with van der Waals surface area (Å²) < 4.78 is 16.3. The van der Waals surface area contributed by atoms with Gasteiger partial charge >= 0.3 is 5.97 Å². The number of esters is 1. The van der Waals surface area contributed by atoms with Gasteiger partial charge in [-0.25, -0.2) is 4.79 Å². The lowest BCUT2D eigenvalue weighted by molar-refractivity contribution is -0.139. The van der Waals surface area contributed by atoms with Crippen molar-refractivity contribution in [1.29, 1.82) is 0 Å². The fourth-order valence-electron chi connectivity index (χ4n) is 2.96. The lowest BCUT2D eigenvalue weighted by Crippen LogP contribution is -2.29. The van der Waals surface area contributed by atoms with E-state index in [1.54, 1.807) is 19.9 Å². The highest BCUT2D eigenvalue weighted by molar-refractivity contribution is 6.01. The Hall–Kier alpha value is -2.76. The van der Waals surface area contributed by atoms with Crippen LogP contribution in [0.5, 0.6) is 5.75 Å². The van der Waals surface area contributed by atoms with Crippen molar-refractivity contribution in [2.45, 2.75) is 33.6 Å². The van der Waals surface area contributed by atoms with Crippen LogP contribution in [-0.4, -0.2) is 25.0 Å². The zero-order chi connectivity index (χ0) is 18.6. The first-order chi connectivity index (χ1) is 11.9. The third-order valence-electron chi connectivity index (χ3n) is 3.89. The first-order valence-corrected chi connectivity index (χ1v) is 8.20. The Bertz CT molecular complexity index is 748. The Morgan fingerprint density at radius 1 is 1.16 bits per heavy atom. The number of para-hydroxylation sites is 1. The molecule has 6 heteroatoms. The van der Waals surface area contributed by atoms with Gasteiger partial charge in [0.2, 0.25) is 5.88 Å². The van der Waals surface area contributed by atoms with Crippen LogP contribution in [0, 0.1) is 0 Å². The average molecular weight is 345 g/mol. The van der Waals surface area contributed by atoms with Crippen LogP contribution in [0.15, 0.2) is 47.1 Å². The maximum Gasteiger partial charge on any atom is 0.340 e. The van der Waals surface area contributed by atoms with Gasteiger partial charge in [0.15, 0.2) is 5.78 Å². The summed E-state index contributed by atoms with van der Waals surface area (Å²) in [7, 11) is 0. The lowest BCUT2D eigenvalue weighted by Gasteiger charge is -2.29. The molecule has 1 aromatic carbocycles. The molecule has 1 aliphatic rings. The molecule has 0 aromatic heterocycles. The first-order valence-electron chi connectivity index (χ1n) is 8.20. The number of hydrogen-bond acceptors (Lipinski definition) is 6. The van der Waals surface area contributed by atoms with Gasteiger partial charge in [0.25, 0.3) is 0 Å². The maximum absolute atomic E-state index is 12.5. The lowest BCUT2D eigenvalue weighted by atomic mass is 9.80. The summed E-state index contributed by atoms with van der Waals surface area (Å²) >= 11 is 0. The predicted octanol–water partition coefficient (Wildman–Crippen LogP) is 2.80. The number of ketones is 1. The van der Waals surface area contributed by atoms with Gasteiger partial charge in [0.1, 0.15) is 17.1 Å². The normalized spacial score (nSPS) is 17.2. The molecule has 0 aliphatic carbocycles. The number of allylic oxidation sites excluding steroid dienone is 2. The molecule has 0 saturated carbocycles. The molecule has 0 fully saturated rings. The standard InChI is InChI=1S/C19H23NO5/c1-5-23-14-10-8-7-9-13(14)16-15(11(3)21)12(4)25-18(20)17(16)19(22)24-6-2/h7-10,16H,5-6,20H2,1-4H3/t16-/m1/s1. The molecule has 0 amide bonds. The Kier molecular flexibility index (Phi) is 5.85. The van der Waals surface area contributed by atoms with Crippen LogP contribution >= 0.6 is 0 Å². The van der Waals surface area contributed by atoms with Crippen LogP contribution in [0.3, 0.4) is 0 Å². The van der Waals surface area contributed by atoms with Crippen LogP contribution in [0.25, 0.3) is 0 Å². The first kappa shape index (κ1) is 18.6. The Morgan fingerprint density at radius 3 is 2.44 bits per heavy atom. The third-order valence-corrected chi connectivity index (χ3v) is 3.89. The van der Waals surface area contributed by atoms with Crippen LogP contribution in [0.4, 0.5) is 0 Å². The van der Waals surface area contributed by atoms with E-state index in [1.165, 1.54) is 6.92 Å². The Morgan fingerprint density at radius 2 is 1.84 bits per heavy atom. The highest BCUT2D eigenvalue weighted by Crippen LogP contribution is 2.43. The molecular formula is C19H23NO5. The highest BCUT2D eigenvalue weighted by atomic mass is 16.5. The second-order valence-corrected chi connectivity index (χ2v) is 5.53. The minimum atomic E-state index is -0.701. The number of benzene rings is 1. The van der Waals surface area contributed by atoms with Crippen LogP contribution < -0.4 is 10.5 Å². The molecule has 0 unspecified atom stereocenters. The topological polar surface area (TPSA) is 87.9 Å².